The van der Waals surface area contributed by atoms with Gasteiger partial charge in [0.05, 0.1) is 0 Å². The number of anilines is 15. The van der Waals surface area contributed by atoms with E-state index in [2.05, 4.69) is 382 Å². The van der Waals surface area contributed by atoms with Gasteiger partial charge < -0.3 is 0 Å². The fraction of sp³-hybridized carbons (Fsp3) is 0. The summed E-state index contributed by atoms with van der Waals surface area (Å²) in [6, 6.07) is 138. The molecular formula is C102H59B2N5OTe5. The van der Waals surface area contributed by atoms with Crippen molar-refractivity contribution in [1.29, 1.82) is 0 Å². The summed E-state index contributed by atoms with van der Waals surface area (Å²) in [6.45, 7) is -0.458. The van der Waals surface area contributed by atoms with E-state index < -0.39 is 102 Å². The maximum absolute atomic E-state index is 8.27. The minimum absolute atomic E-state index is 0.225. The first-order valence-corrected chi connectivity index (χ1v) is 50.7. The number of ether oxygens (including phenoxy) is 1. The van der Waals surface area contributed by atoms with Crippen molar-refractivity contribution in [2.45, 2.75) is 0 Å². The summed E-state index contributed by atoms with van der Waals surface area (Å²) in [4.78, 5) is 13.2. The monoisotopic (exact) mass is 2040 g/mol. The molecule has 0 atom stereocenters. The Bertz CT molecular complexity index is 7940. The van der Waals surface area contributed by atoms with Crippen molar-refractivity contribution in [3.63, 3.8) is 0 Å². The van der Waals surface area contributed by atoms with E-state index in [1.165, 1.54) is 166 Å². The molecule has 13 heteroatoms. The molecule has 4 aliphatic heterocycles. The molecule has 0 saturated heterocycles. The van der Waals surface area contributed by atoms with E-state index in [4.69, 9.17) is 4.74 Å². The van der Waals surface area contributed by atoms with E-state index in [9.17, 15) is 0 Å². The van der Waals surface area contributed by atoms with Crippen LogP contribution in [0, 0.1) is 0 Å². The Hall–Kier alpha value is -10.4. The number of hydrogen-bond acceptors (Lipinski definition) is 6. The third-order valence-corrected chi connectivity index (χ3v) is 40.6. The van der Waals surface area contributed by atoms with Gasteiger partial charge in [-0.3, -0.25) is 0 Å². The van der Waals surface area contributed by atoms with Gasteiger partial charge in [0.25, 0.3) is 0 Å². The van der Waals surface area contributed by atoms with Crippen LogP contribution in [0.4, 0.5) is 85.3 Å². The Morgan fingerprint density at radius 3 is 0.965 bits per heavy atom. The van der Waals surface area contributed by atoms with Crippen LogP contribution in [-0.2, 0) is 0 Å². The molecule has 6 nitrogen and oxygen atoms in total. The number of benzene rings is 17. The van der Waals surface area contributed by atoms with Crippen molar-refractivity contribution < 1.29 is 4.74 Å². The Balaban J connectivity index is 0.786. The number of nitrogens with zero attached hydrogens (tertiary/aromatic N) is 5. The molecular weight excluding hydrogens is 1970 g/mol. The fourth-order valence-corrected chi connectivity index (χ4v) is 35.9. The first-order valence-electron chi connectivity index (χ1n) is 39.1. The van der Waals surface area contributed by atoms with Gasteiger partial charge in [-0.05, 0) is 0 Å². The zero-order valence-electron chi connectivity index (χ0n) is 61.4. The maximum atomic E-state index is 8.27. The Morgan fingerprint density at radius 1 is 0.209 bits per heavy atom. The molecule has 0 spiro atoms. The second kappa shape index (κ2) is 26.1. The first kappa shape index (κ1) is 66.9. The van der Waals surface area contributed by atoms with Crippen LogP contribution in [0.5, 0.6) is 11.5 Å². The van der Waals surface area contributed by atoms with Crippen LogP contribution in [0.2, 0.25) is 0 Å². The first-order chi connectivity index (χ1) is 57.1. The van der Waals surface area contributed by atoms with Crippen LogP contribution >= 0.6 is 0 Å². The van der Waals surface area contributed by atoms with Crippen molar-refractivity contribution in [2.24, 2.45) is 0 Å². The second-order valence-corrected chi connectivity index (χ2v) is 45.9. The van der Waals surface area contributed by atoms with Gasteiger partial charge in [-0.2, -0.15) is 0 Å². The van der Waals surface area contributed by atoms with E-state index in [-0.39, 0.29) is 13.4 Å². The number of fused-ring (bicyclic) bond motifs is 23. The summed E-state index contributed by atoms with van der Waals surface area (Å²) in [5.74, 6) is 1.72. The number of rotatable bonds is 9. The minimum atomic E-state index is -0.758. The van der Waals surface area contributed by atoms with Gasteiger partial charge in [-0.1, -0.05) is 0 Å². The average molecular weight is 2030 g/mol. The summed E-state index contributed by atoms with van der Waals surface area (Å²) >= 11 is -3.43. The fourth-order valence-electron chi connectivity index (χ4n) is 19.9. The summed E-state index contributed by atoms with van der Waals surface area (Å²) in [7, 11) is 0. The molecule has 0 fully saturated rings. The van der Waals surface area contributed by atoms with Crippen LogP contribution in [0.1, 0.15) is 0 Å². The molecule has 115 heavy (non-hydrogen) atoms. The summed E-state index contributed by atoms with van der Waals surface area (Å²) in [5, 5.41) is 13.5. The van der Waals surface area contributed by atoms with Crippen molar-refractivity contribution in [2.75, 3.05) is 24.5 Å². The molecule has 0 bridgehead atoms. The Labute approximate surface area is 712 Å². The van der Waals surface area contributed by atoms with Gasteiger partial charge in [0.1, 0.15) is 0 Å². The predicted molar refractivity (Wildman–Crippen MR) is 495 cm³/mol. The standard InChI is InChI=1S/C102H59B2N5OTe5/c1-3-26-60(27-4-1)105(75-39-21-49-91-96(75)64-30-7-16-44-86(64)111-91)62-54-81-101-82(55-62)109(79-43-25-53-95-100(79)68-34-11-20-48-90(68)115-95)80-59-84-72(58-71(80)103(101)69-35-12-14-37-73(69)107(81)77-41-23-51-93-98(77)66-32-9-18-46-88(66)113-93)104-70-36-13-15-38-74(70)108(78-42-24-52-94-99(78)67-33-10-19-47-89(67)114-94)83-56-63(57-85(110-84)102(83)104)106(61-28-5-2-6-29-61)76-40-22-50-92-97(76)65-31-8-17-45-87(65)112-92/h1-59H. The molecule has 26 rings (SSSR count). The van der Waals surface area contributed by atoms with Crippen LogP contribution in [0.15, 0.2) is 358 Å². The van der Waals surface area contributed by atoms with Crippen LogP contribution < -0.4 is 62.0 Å². The van der Waals surface area contributed by atoms with Crippen LogP contribution in [0.3, 0.4) is 0 Å². The third-order valence-electron chi connectivity index (χ3n) is 24.4. The summed E-state index contributed by atoms with van der Waals surface area (Å²) in [5.41, 5.74) is 24.7. The summed E-state index contributed by atoms with van der Waals surface area (Å²) in [6.07, 6.45) is 0. The number of hydrogen-bond donors (Lipinski definition) is 0. The quantitative estimate of drug-likeness (QED) is 0.134. The zero-order valence-corrected chi connectivity index (χ0v) is 73.1. The molecule has 4 aliphatic rings. The van der Waals surface area contributed by atoms with Crippen LogP contribution in [-0.4, -0.2) is 116 Å². The molecule has 9 heterocycles. The summed E-state index contributed by atoms with van der Waals surface area (Å²) < 4.78 is 23.0. The van der Waals surface area contributed by atoms with Gasteiger partial charge in [0.2, 0.25) is 0 Å². The van der Waals surface area contributed by atoms with E-state index in [0.717, 1.165) is 51.3 Å². The van der Waals surface area contributed by atoms with Gasteiger partial charge in [0.15, 0.2) is 0 Å². The predicted octanol–water partition coefficient (Wildman–Crippen LogP) is 21.9. The molecule has 5 aromatic heterocycles. The number of para-hydroxylation sites is 4. The molecule has 534 valence electrons. The van der Waals surface area contributed by atoms with Crippen molar-refractivity contribution in [1.82, 2.24) is 0 Å². The molecule has 17 aromatic carbocycles. The van der Waals surface area contributed by atoms with Crippen molar-refractivity contribution in [3.8, 4) is 11.5 Å². The van der Waals surface area contributed by atoms with Gasteiger partial charge in [-0.15, -0.1) is 0 Å². The van der Waals surface area contributed by atoms with E-state index in [0.29, 0.717) is 0 Å². The normalized spacial score (nSPS) is 13.2. The molecule has 0 N–H and O–H groups in total. The molecule has 0 amide bonds. The van der Waals surface area contributed by atoms with Gasteiger partial charge in [-0.25, -0.2) is 0 Å². The molecule has 22 aromatic rings. The molecule has 0 aliphatic carbocycles. The van der Waals surface area contributed by atoms with E-state index >= 15 is 0 Å². The molecule has 0 radical (unpaired) electrons. The van der Waals surface area contributed by atoms with Crippen molar-refractivity contribution in [3.05, 3.63) is 358 Å². The third kappa shape index (κ3) is 9.91. The Kier molecular flexibility index (Phi) is 15.2. The van der Waals surface area contributed by atoms with Gasteiger partial charge in [0, 0.05) is 0 Å². The SMILES string of the molecule is c1ccc(N(c2cc3c4c(c2)N(c2cccc5[te]c6ccccc6c25)c2ccccc2B4c2cc4c(cc2O3)N(c2cccc3[te]c5ccccc5c23)c2cc(N(c3ccccc3)c3cccc5[te]c6ccccc6c35)cc3c2B4c2ccccc2N3c2cccc3[te]c4ccccc4c23)c2cccc3[te]c4ccccc4c23)cc1. The Morgan fingerprint density at radius 2 is 0.530 bits per heavy atom. The topological polar surface area (TPSA) is 25.4 Å². The van der Waals surface area contributed by atoms with E-state index in [1.807, 2.05) is 0 Å². The second-order valence-electron chi connectivity index (χ2n) is 30.4. The average Bonchev–Trinajstić information content (AvgIpc) is 1.01. The zero-order chi connectivity index (χ0) is 74.8. The van der Waals surface area contributed by atoms with Crippen LogP contribution in [0.25, 0.3) is 87.9 Å². The van der Waals surface area contributed by atoms with Gasteiger partial charge >= 0.3 is 720 Å². The van der Waals surface area contributed by atoms with E-state index in [1.54, 1.807) is 0 Å². The molecule has 0 unspecified atom stereocenters. The molecule has 0 saturated carbocycles. The van der Waals surface area contributed by atoms with Crippen molar-refractivity contribution >= 4 is 322 Å².